The maximum atomic E-state index is 12.5. The van der Waals surface area contributed by atoms with Gasteiger partial charge in [-0.1, -0.05) is 6.07 Å². The minimum atomic E-state index is -0.279. The number of aromatic nitrogens is 2. The van der Waals surface area contributed by atoms with Gasteiger partial charge in [0.1, 0.15) is 0 Å². The van der Waals surface area contributed by atoms with Gasteiger partial charge < -0.3 is 20.4 Å². The highest BCUT2D eigenvalue weighted by Gasteiger charge is 2.23. The van der Waals surface area contributed by atoms with Gasteiger partial charge in [0.2, 0.25) is 5.95 Å². The number of hydrogen-bond acceptors (Lipinski definition) is 5. The Morgan fingerprint density at radius 1 is 1.21 bits per heavy atom. The molecule has 0 radical (unpaired) electrons. The third-order valence-electron chi connectivity index (χ3n) is 4.73. The van der Waals surface area contributed by atoms with Crippen molar-refractivity contribution in [2.75, 3.05) is 37.4 Å². The second kappa shape index (κ2) is 8.69. The number of piperidine rings is 1. The first-order valence-electron chi connectivity index (χ1n) is 9.36. The number of urea groups is 1. The monoisotopic (exact) mass is 382 g/mol. The van der Waals surface area contributed by atoms with E-state index in [9.17, 15) is 9.59 Å². The van der Waals surface area contributed by atoms with Gasteiger partial charge in [0.25, 0.3) is 5.91 Å². The molecule has 1 aromatic heterocycles. The topological polar surface area (TPSA) is 90.5 Å². The molecule has 0 saturated carbocycles. The third-order valence-corrected chi connectivity index (χ3v) is 4.73. The van der Waals surface area contributed by atoms with Crippen LogP contribution in [-0.2, 0) is 0 Å². The van der Waals surface area contributed by atoms with Crippen molar-refractivity contribution in [3.63, 3.8) is 0 Å². The van der Waals surface area contributed by atoms with E-state index in [1.807, 2.05) is 13.0 Å². The Bertz CT molecular complexity index is 840. The van der Waals surface area contributed by atoms with Gasteiger partial charge in [0, 0.05) is 56.9 Å². The first-order valence-corrected chi connectivity index (χ1v) is 9.36. The molecule has 8 nitrogen and oxygen atoms in total. The molecule has 1 fully saturated rings. The van der Waals surface area contributed by atoms with Crippen molar-refractivity contribution in [2.45, 2.75) is 25.8 Å². The summed E-state index contributed by atoms with van der Waals surface area (Å²) >= 11 is 0. The van der Waals surface area contributed by atoms with E-state index in [1.165, 1.54) is 4.90 Å². The number of benzene rings is 1. The first-order chi connectivity index (χ1) is 13.4. The molecule has 0 spiro atoms. The van der Waals surface area contributed by atoms with Crippen molar-refractivity contribution in [1.29, 1.82) is 0 Å². The molecule has 3 rings (SSSR count). The molecule has 3 amide bonds. The van der Waals surface area contributed by atoms with E-state index in [2.05, 4.69) is 25.5 Å². The smallest absolute Gasteiger partial charge is 0.319 e. The zero-order chi connectivity index (χ0) is 20.1. The number of nitrogens with zero attached hydrogens (tertiary/aromatic N) is 4. The standard InChI is InChI=1S/C20H26N6O2/c1-14-7-8-15(18(27)25(2)3)12-17(14)24-20(28)23-16-6-4-11-26(13-16)19-21-9-5-10-22-19/h5,7-10,12,16H,4,6,11,13H2,1-3H3,(H2,23,24,28). The molecule has 1 aliphatic rings. The van der Waals surface area contributed by atoms with E-state index in [4.69, 9.17) is 0 Å². The van der Waals surface area contributed by atoms with Crippen molar-refractivity contribution in [3.8, 4) is 0 Å². The Morgan fingerprint density at radius 2 is 1.96 bits per heavy atom. The maximum absolute atomic E-state index is 12.5. The lowest BCUT2D eigenvalue weighted by Gasteiger charge is -2.33. The van der Waals surface area contributed by atoms with E-state index < -0.39 is 0 Å². The molecule has 1 aliphatic heterocycles. The number of rotatable bonds is 4. The molecular formula is C20H26N6O2. The number of nitrogens with one attached hydrogen (secondary N) is 2. The van der Waals surface area contributed by atoms with Gasteiger partial charge in [-0.15, -0.1) is 0 Å². The van der Waals surface area contributed by atoms with Crippen LogP contribution in [0.25, 0.3) is 0 Å². The van der Waals surface area contributed by atoms with E-state index in [0.717, 1.165) is 24.9 Å². The number of amides is 3. The van der Waals surface area contributed by atoms with Crippen molar-refractivity contribution in [3.05, 3.63) is 47.8 Å². The van der Waals surface area contributed by atoms with Crippen LogP contribution >= 0.6 is 0 Å². The summed E-state index contributed by atoms with van der Waals surface area (Å²) in [7, 11) is 3.40. The van der Waals surface area contributed by atoms with E-state index in [-0.39, 0.29) is 18.0 Å². The summed E-state index contributed by atoms with van der Waals surface area (Å²) in [6, 6.07) is 6.82. The highest BCUT2D eigenvalue weighted by Crippen LogP contribution is 2.19. The SMILES string of the molecule is Cc1ccc(C(=O)N(C)C)cc1NC(=O)NC1CCCN(c2ncccn2)C1. The van der Waals surface area contributed by atoms with Gasteiger partial charge in [0.15, 0.2) is 0 Å². The minimum absolute atomic E-state index is 0.00412. The van der Waals surface area contributed by atoms with Crippen LogP contribution in [-0.4, -0.2) is 60.0 Å². The first kappa shape index (κ1) is 19.6. The van der Waals surface area contributed by atoms with Crippen LogP contribution in [0.15, 0.2) is 36.7 Å². The molecule has 0 aliphatic carbocycles. The molecular weight excluding hydrogens is 356 g/mol. The molecule has 0 bridgehead atoms. The zero-order valence-corrected chi connectivity index (χ0v) is 16.5. The van der Waals surface area contributed by atoms with Gasteiger partial charge in [-0.2, -0.15) is 0 Å². The second-order valence-electron chi connectivity index (χ2n) is 7.16. The van der Waals surface area contributed by atoms with E-state index in [0.29, 0.717) is 23.7 Å². The summed E-state index contributed by atoms with van der Waals surface area (Å²) < 4.78 is 0. The van der Waals surface area contributed by atoms with Crippen molar-refractivity contribution in [1.82, 2.24) is 20.2 Å². The molecule has 148 valence electrons. The number of hydrogen-bond donors (Lipinski definition) is 2. The average Bonchev–Trinajstić information content (AvgIpc) is 2.70. The Hall–Kier alpha value is -3.16. The second-order valence-corrected chi connectivity index (χ2v) is 7.16. The van der Waals surface area contributed by atoms with E-state index >= 15 is 0 Å². The lowest BCUT2D eigenvalue weighted by Crippen LogP contribution is -2.49. The number of carbonyl (C=O) groups excluding carboxylic acids is 2. The quantitative estimate of drug-likeness (QED) is 0.847. The molecule has 2 N–H and O–H groups in total. The third kappa shape index (κ3) is 4.76. The predicted octanol–water partition coefficient (Wildman–Crippen LogP) is 2.28. The molecule has 1 saturated heterocycles. The van der Waals surface area contributed by atoms with Crippen molar-refractivity contribution < 1.29 is 9.59 Å². The highest BCUT2D eigenvalue weighted by molar-refractivity contribution is 5.97. The summed E-state index contributed by atoms with van der Waals surface area (Å²) in [5.74, 6) is 0.578. The number of anilines is 2. The Labute approximate surface area is 165 Å². The van der Waals surface area contributed by atoms with Gasteiger partial charge in [-0.3, -0.25) is 4.79 Å². The summed E-state index contributed by atoms with van der Waals surface area (Å²) in [5, 5.41) is 5.90. The highest BCUT2D eigenvalue weighted by atomic mass is 16.2. The predicted molar refractivity (Wildman–Crippen MR) is 109 cm³/mol. The summed E-state index contributed by atoms with van der Waals surface area (Å²) in [5.41, 5.74) is 2.06. The van der Waals surface area contributed by atoms with Gasteiger partial charge >= 0.3 is 6.03 Å². The van der Waals surface area contributed by atoms with Crippen molar-refractivity contribution >= 4 is 23.6 Å². The maximum Gasteiger partial charge on any atom is 0.319 e. The normalized spacial score (nSPS) is 16.4. The number of aryl methyl sites for hydroxylation is 1. The molecule has 1 unspecified atom stereocenters. The summed E-state index contributed by atoms with van der Waals surface area (Å²) in [6.45, 7) is 3.43. The van der Waals surface area contributed by atoms with Crippen LogP contribution < -0.4 is 15.5 Å². The molecule has 1 aromatic carbocycles. The molecule has 2 heterocycles. The molecule has 1 atom stereocenters. The van der Waals surface area contributed by atoms with Crippen molar-refractivity contribution in [2.24, 2.45) is 0 Å². The van der Waals surface area contributed by atoms with Crippen LogP contribution in [0.1, 0.15) is 28.8 Å². The molecule has 2 aromatic rings. The fourth-order valence-electron chi connectivity index (χ4n) is 3.22. The minimum Gasteiger partial charge on any atom is -0.345 e. The largest absolute Gasteiger partial charge is 0.345 e. The Balaban J connectivity index is 1.62. The summed E-state index contributed by atoms with van der Waals surface area (Å²) in [4.78, 5) is 36.8. The van der Waals surface area contributed by atoms with Crippen LogP contribution in [0.5, 0.6) is 0 Å². The molecule has 28 heavy (non-hydrogen) atoms. The number of carbonyl (C=O) groups is 2. The van der Waals surface area contributed by atoms with Crippen LogP contribution in [0.3, 0.4) is 0 Å². The Morgan fingerprint density at radius 3 is 2.68 bits per heavy atom. The lowest BCUT2D eigenvalue weighted by molar-refractivity contribution is 0.0827. The zero-order valence-electron chi connectivity index (χ0n) is 16.5. The van der Waals surface area contributed by atoms with Gasteiger partial charge in [0.05, 0.1) is 0 Å². The van der Waals surface area contributed by atoms with Crippen LogP contribution in [0.2, 0.25) is 0 Å². The lowest BCUT2D eigenvalue weighted by atomic mass is 10.1. The fraction of sp³-hybridized carbons (Fsp3) is 0.400. The van der Waals surface area contributed by atoms with Crippen LogP contribution in [0.4, 0.5) is 16.4 Å². The van der Waals surface area contributed by atoms with Gasteiger partial charge in [-0.25, -0.2) is 14.8 Å². The average molecular weight is 382 g/mol. The van der Waals surface area contributed by atoms with Gasteiger partial charge in [-0.05, 0) is 43.5 Å². The fourth-order valence-corrected chi connectivity index (χ4v) is 3.22. The van der Waals surface area contributed by atoms with Crippen LogP contribution in [0, 0.1) is 6.92 Å². The summed E-state index contributed by atoms with van der Waals surface area (Å²) in [6.07, 6.45) is 5.29. The Kier molecular flexibility index (Phi) is 6.08. The molecule has 8 heteroatoms. The van der Waals surface area contributed by atoms with E-state index in [1.54, 1.807) is 44.7 Å².